The van der Waals surface area contributed by atoms with Crippen molar-refractivity contribution in [3.8, 4) is 22.3 Å². The molecule has 0 unspecified atom stereocenters. The van der Waals surface area contributed by atoms with Crippen molar-refractivity contribution in [1.82, 2.24) is 0 Å². The Balaban J connectivity index is 1.01. The van der Waals surface area contributed by atoms with Gasteiger partial charge in [-0.15, -0.1) is 0 Å². The summed E-state index contributed by atoms with van der Waals surface area (Å²) < 4.78 is 0. The van der Waals surface area contributed by atoms with Crippen molar-refractivity contribution in [2.75, 3.05) is 4.90 Å². The number of fused-ring (bicyclic) bond motifs is 7. The van der Waals surface area contributed by atoms with Gasteiger partial charge in [0.25, 0.3) is 0 Å². The number of para-hydroxylation sites is 1. The molecule has 0 fully saturated rings. The van der Waals surface area contributed by atoms with E-state index in [1.165, 1.54) is 83.2 Å². The van der Waals surface area contributed by atoms with Crippen LogP contribution in [-0.2, 0) is 10.8 Å². The smallest absolute Gasteiger partial charge is 0.0713 e. The number of benzene rings is 9. The van der Waals surface area contributed by atoms with Gasteiger partial charge >= 0.3 is 0 Å². The lowest BCUT2D eigenvalue weighted by molar-refractivity contribution is 0.490. The van der Waals surface area contributed by atoms with Crippen molar-refractivity contribution in [2.45, 2.75) is 37.5 Å². The molecule has 0 amide bonds. The largest absolute Gasteiger partial charge is 0.310 e. The van der Waals surface area contributed by atoms with Gasteiger partial charge in [-0.1, -0.05) is 202 Å². The minimum atomic E-state index is -0.414. The molecule has 2 aliphatic rings. The highest BCUT2D eigenvalue weighted by Crippen LogP contribution is 2.58. The molecule has 9 aromatic rings. The van der Waals surface area contributed by atoms with Crippen LogP contribution in [0.2, 0.25) is 0 Å². The van der Waals surface area contributed by atoms with Crippen LogP contribution in [0.15, 0.2) is 212 Å². The number of anilines is 3. The standard InChI is InChI=1S/C60H47N/c1-3-59(4-2)56-39-42(31-33-44-21-18-30-55-58(44)53-28-16-17-29-54(53)60(55,46-22-8-5-9-23-46)47-24-10-6-11-25-47)32-37-51(56)52-38-36-50(41-57(52)59)61(48-26-12-7-13-27-48)49-35-34-43-19-14-15-20-45(43)40-49/h5-41H,3-4H2,1-2H3/b33-31+. The maximum Gasteiger partial charge on any atom is 0.0713 e. The van der Waals surface area contributed by atoms with Crippen molar-refractivity contribution >= 4 is 40.0 Å². The Labute approximate surface area is 359 Å². The SMILES string of the molecule is CCC1(CC)c2cc(/C=C/c3cccc4c3-c3ccccc3C4(c3ccccc3)c3ccccc3)ccc2-c2ccc(N(c3ccccc3)c3ccc4ccccc4c3)cc21. The highest BCUT2D eigenvalue weighted by atomic mass is 15.1. The van der Waals surface area contributed by atoms with E-state index in [-0.39, 0.29) is 5.41 Å². The maximum absolute atomic E-state index is 2.48. The third-order valence-electron chi connectivity index (χ3n) is 13.8. The molecule has 2 aliphatic carbocycles. The molecule has 61 heavy (non-hydrogen) atoms. The van der Waals surface area contributed by atoms with Gasteiger partial charge in [0.1, 0.15) is 0 Å². The van der Waals surface area contributed by atoms with Gasteiger partial charge in [-0.05, 0) is 127 Å². The summed E-state index contributed by atoms with van der Waals surface area (Å²) in [5.41, 5.74) is 18.8. The normalized spacial score (nSPS) is 14.1. The van der Waals surface area contributed by atoms with E-state index in [1.54, 1.807) is 0 Å². The number of rotatable bonds is 9. The van der Waals surface area contributed by atoms with Gasteiger partial charge in [-0.2, -0.15) is 0 Å². The lowest BCUT2D eigenvalue weighted by Gasteiger charge is -2.33. The Kier molecular flexibility index (Phi) is 8.94. The monoisotopic (exact) mass is 781 g/mol. The number of hydrogen-bond donors (Lipinski definition) is 0. The zero-order valence-electron chi connectivity index (χ0n) is 34.7. The highest BCUT2D eigenvalue weighted by Gasteiger charge is 2.46. The lowest BCUT2D eigenvalue weighted by Crippen LogP contribution is -2.28. The van der Waals surface area contributed by atoms with Gasteiger partial charge < -0.3 is 4.90 Å². The van der Waals surface area contributed by atoms with E-state index in [4.69, 9.17) is 0 Å². The quantitative estimate of drug-likeness (QED) is 0.132. The molecule has 0 bridgehead atoms. The van der Waals surface area contributed by atoms with Crippen LogP contribution in [-0.4, -0.2) is 0 Å². The van der Waals surface area contributed by atoms with Crippen LogP contribution in [0.1, 0.15) is 71.2 Å². The Morgan fingerprint density at radius 3 is 1.69 bits per heavy atom. The van der Waals surface area contributed by atoms with Crippen LogP contribution in [0, 0.1) is 0 Å². The first-order valence-electron chi connectivity index (χ1n) is 21.8. The lowest BCUT2D eigenvalue weighted by atomic mass is 9.67. The Bertz CT molecular complexity index is 3060. The zero-order chi connectivity index (χ0) is 41.0. The number of nitrogens with zero attached hydrogens (tertiary/aromatic N) is 1. The summed E-state index contributed by atoms with van der Waals surface area (Å²) in [6.45, 7) is 4.73. The Morgan fingerprint density at radius 1 is 0.393 bits per heavy atom. The predicted molar refractivity (Wildman–Crippen MR) is 258 cm³/mol. The average molecular weight is 782 g/mol. The van der Waals surface area contributed by atoms with Gasteiger partial charge in [-0.3, -0.25) is 0 Å². The number of hydrogen-bond acceptors (Lipinski definition) is 1. The second-order valence-electron chi connectivity index (χ2n) is 16.7. The Morgan fingerprint density at radius 2 is 0.967 bits per heavy atom. The maximum atomic E-state index is 2.48. The molecule has 0 saturated carbocycles. The first-order valence-corrected chi connectivity index (χ1v) is 21.8. The van der Waals surface area contributed by atoms with Crippen molar-refractivity contribution in [1.29, 1.82) is 0 Å². The highest BCUT2D eigenvalue weighted by molar-refractivity contribution is 5.94. The molecule has 0 aliphatic heterocycles. The van der Waals surface area contributed by atoms with E-state index in [2.05, 4.69) is 243 Å². The van der Waals surface area contributed by atoms with Gasteiger partial charge in [-0.25, -0.2) is 0 Å². The molecule has 0 atom stereocenters. The third kappa shape index (κ3) is 5.68. The van der Waals surface area contributed by atoms with E-state index >= 15 is 0 Å². The van der Waals surface area contributed by atoms with Crippen molar-refractivity contribution in [3.63, 3.8) is 0 Å². The van der Waals surface area contributed by atoms with Gasteiger partial charge in [0.2, 0.25) is 0 Å². The second-order valence-corrected chi connectivity index (χ2v) is 16.7. The molecule has 9 aromatic carbocycles. The first kappa shape index (κ1) is 36.8. The predicted octanol–water partition coefficient (Wildman–Crippen LogP) is 15.9. The molecular formula is C60H47N. The van der Waals surface area contributed by atoms with Crippen LogP contribution in [0.3, 0.4) is 0 Å². The molecule has 0 aromatic heterocycles. The molecule has 1 nitrogen and oxygen atoms in total. The minimum absolute atomic E-state index is 0.103. The second kappa shape index (κ2) is 14.8. The zero-order valence-corrected chi connectivity index (χ0v) is 34.7. The van der Waals surface area contributed by atoms with Crippen LogP contribution in [0.4, 0.5) is 17.1 Å². The molecule has 292 valence electrons. The van der Waals surface area contributed by atoms with Gasteiger partial charge in [0.15, 0.2) is 0 Å². The first-order chi connectivity index (χ1) is 30.1. The molecule has 0 heterocycles. The summed E-state index contributed by atoms with van der Waals surface area (Å²) in [7, 11) is 0. The summed E-state index contributed by atoms with van der Waals surface area (Å²) in [5.74, 6) is 0. The average Bonchev–Trinajstić information content (AvgIpc) is 3.79. The summed E-state index contributed by atoms with van der Waals surface area (Å²) in [4.78, 5) is 2.42. The van der Waals surface area contributed by atoms with Crippen molar-refractivity contribution in [3.05, 3.63) is 257 Å². The summed E-state index contributed by atoms with van der Waals surface area (Å²) in [6, 6.07) is 78.6. The summed E-state index contributed by atoms with van der Waals surface area (Å²) in [6.07, 6.45) is 6.73. The molecular weight excluding hydrogens is 735 g/mol. The van der Waals surface area contributed by atoms with Crippen molar-refractivity contribution in [2.24, 2.45) is 0 Å². The van der Waals surface area contributed by atoms with Gasteiger partial charge in [0, 0.05) is 22.5 Å². The van der Waals surface area contributed by atoms with E-state index in [9.17, 15) is 0 Å². The van der Waals surface area contributed by atoms with E-state index in [1.807, 2.05) is 0 Å². The minimum Gasteiger partial charge on any atom is -0.310 e. The third-order valence-corrected chi connectivity index (χ3v) is 13.8. The van der Waals surface area contributed by atoms with Crippen LogP contribution >= 0.6 is 0 Å². The molecule has 1 heteroatoms. The fourth-order valence-electron chi connectivity index (χ4n) is 10.9. The molecule has 0 saturated heterocycles. The topological polar surface area (TPSA) is 3.24 Å². The summed E-state index contributed by atoms with van der Waals surface area (Å²) in [5, 5.41) is 2.49. The van der Waals surface area contributed by atoms with Crippen LogP contribution in [0.25, 0.3) is 45.2 Å². The molecule has 11 rings (SSSR count). The van der Waals surface area contributed by atoms with Gasteiger partial charge in [0.05, 0.1) is 5.41 Å². The van der Waals surface area contributed by atoms with E-state index in [0.717, 1.165) is 24.2 Å². The fraction of sp³-hybridized carbons (Fsp3) is 0.100. The van der Waals surface area contributed by atoms with E-state index in [0.29, 0.717) is 0 Å². The van der Waals surface area contributed by atoms with Crippen molar-refractivity contribution < 1.29 is 0 Å². The van der Waals surface area contributed by atoms with E-state index < -0.39 is 5.41 Å². The summed E-state index contributed by atoms with van der Waals surface area (Å²) >= 11 is 0. The molecule has 0 spiro atoms. The van der Waals surface area contributed by atoms with Crippen LogP contribution < -0.4 is 4.90 Å². The van der Waals surface area contributed by atoms with Crippen LogP contribution in [0.5, 0.6) is 0 Å². The Hall–Kier alpha value is -7.22. The molecule has 0 N–H and O–H groups in total. The fourth-order valence-corrected chi connectivity index (χ4v) is 10.9. The molecule has 0 radical (unpaired) electrons.